The second kappa shape index (κ2) is 45.6. The van der Waals surface area contributed by atoms with E-state index in [9.17, 15) is 60.1 Å². The lowest BCUT2D eigenvalue weighted by molar-refractivity contribution is -0.137. The normalized spacial score (nSPS) is 10.6. The van der Waals surface area contributed by atoms with Gasteiger partial charge >= 0.3 is 6.18 Å². The minimum absolute atomic E-state index is 0. The zero-order valence-corrected chi connectivity index (χ0v) is 66.9. The van der Waals surface area contributed by atoms with Crippen LogP contribution < -0.4 is 15.4 Å². The lowest BCUT2D eigenvalue weighted by atomic mass is 10.1. The molecule has 10 rings (SSSR count). The van der Waals surface area contributed by atoms with E-state index in [0.717, 1.165) is 79.0 Å². The highest BCUT2D eigenvalue weighted by molar-refractivity contribution is 9.10. The summed E-state index contributed by atoms with van der Waals surface area (Å²) in [7, 11) is -10.3. The monoisotopic (exact) mass is 1610 g/mol. The van der Waals surface area contributed by atoms with Gasteiger partial charge in [0.25, 0.3) is 15.9 Å². The van der Waals surface area contributed by atoms with E-state index in [-0.39, 0.29) is 28.4 Å². The summed E-state index contributed by atoms with van der Waals surface area (Å²) in [6.07, 6.45) is 4.98. The number of halogens is 5. The van der Waals surface area contributed by atoms with Gasteiger partial charge < -0.3 is 10.2 Å². The third-order valence-corrected chi connectivity index (χ3v) is 18.4. The number of nitrogens with one attached hydrogen (secondary N) is 1. The quantitative estimate of drug-likeness (QED) is 0.150. The number of nitrogens with zero attached hydrogens (tertiary/aromatic N) is 5. The van der Waals surface area contributed by atoms with Crippen molar-refractivity contribution in [2.24, 2.45) is 5.14 Å². The van der Waals surface area contributed by atoms with Crippen LogP contribution in [0.25, 0.3) is 0 Å². The number of alkyl halides is 3. The molecule has 0 fully saturated rings. The van der Waals surface area contributed by atoms with Crippen molar-refractivity contribution >= 4 is 88.6 Å². The van der Waals surface area contributed by atoms with Crippen molar-refractivity contribution in [2.75, 3.05) is 51.1 Å². The summed E-state index contributed by atoms with van der Waals surface area (Å²) in [5, 5.41) is 8.37. The van der Waals surface area contributed by atoms with Crippen molar-refractivity contribution in [3.8, 4) is 0 Å². The number of aryl methyl sites for hydroxylation is 10. The number of hydrogen-bond donors (Lipinski definition) is 2. The Morgan fingerprint density at radius 2 is 0.856 bits per heavy atom. The molecule has 0 spiro atoms. The van der Waals surface area contributed by atoms with Gasteiger partial charge in [-0.05, 0) is 206 Å². The first-order chi connectivity index (χ1) is 47.5. The molecule has 3 N–H and O–H groups in total. The standard InChI is InChI=1S/C9H11NO.C8H7F3.C8H12N2.2C8H10O2S.C7H7Br.C7H7Cl.2C7H9NO2S.C6H8N2O2S.CH4/c1-7-4-3-5-8(6-7)9(11)10-2;1-6-3-2-4-7(5-6)8(9,10)11;1-7-5-4-6-8(9-7)10(2)3;2*1-7-4-3-5-8(6-7)11(2,9)10;2*1-6-3-2-4-7(8)5-6;1-6-3-4-8-7(5-6)11(2,9)10;1-6-3-4-7(8-5-6)11(2,9)10;1-5-2-3-6(8-4-5)11(7,9)10;/h3-6H,1-2H3,(H,10,11);2-5H,1H3;4-6H,1-3H3;2*3-6H,1-2H3;2*2-5H,1H3;2*3-5H,1-2H3;2-4H,1H3,(H2,7,9,10);1H4. The van der Waals surface area contributed by atoms with Crippen LogP contribution in [-0.4, -0.2) is 114 Å². The number of benzene rings is 6. The number of hydrogen-bond acceptors (Lipinski definition) is 16. The fourth-order valence-electron chi connectivity index (χ4n) is 7.44. The summed E-state index contributed by atoms with van der Waals surface area (Å²) in [5.41, 5.74) is 10.1. The van der Waals surface area contributed by atoms with E-state index in [1.54, 1.807) is 86.8 Å². The summed E-state index contributed by atoms with van der Waals surface area (Å²) in [5.74, 6) is 0.980. The molecule has 104 heavy (non-hydrogen) atoms. The van der Waals surface area contributed by atoms with Crippen LogP contribution in [0.15, 0.2) is 248 Å². The second-order valence-electron chi connectivity index (χ2n) is 23.2. The van der Waals surface area contributed by atoms with Crippen LogP contribution in [0.4, 0.5) is 19.0 Å². The second-order valence-corrected chi connectivity index (χ2v) is 34.0. The van der Waals surface area contributed by atoms with Gasteiger partial charge in [0, 0.05) is 85.5 Å². The molecule has 0 aliphatic heterocycles. The maximum absolute atomic E-state index is 12.0. The van der Waals surface area contributed by atoms with E-state index in [1.807, 2.05) is 159 Å². The smallest absolute Gasteiger partial charge is 0.363 e. The molecule has 0 aliphatic rings. The van der Waals surface area contributed by atoms with Crippen LogP contribution in [0.3, 0.4) is 0 Å². The third-order valence-electron chi connectivity index (χ3n) is 12.7. The number of nitrogens with two attached hydrogens (primary N) is 1. The fraction of sp³-hybridized carbons (Fsp3) is 0.250. The van der Waals surface area contributed by atoms with Gasteiger partial charge in [-0.3, -0.25) is 4.79 Å². The Morgan fingerprint density at radius 3 is 1.14 bits per heavy atom. The van der Waals surface area contributed by atoms with Crippen LogP contribution in [0.2, 0.25) is 5.02 Å². The molecule has 4 heterocycles. The van der Waals surface area contributed by atoms with Crippen molar-refractivity contribution in [3.05, 3.63) is 295 Å². The fourth-order valence-corrected chi connectivity index (χ4v) is 11.3. The molecule has 18 nitrogen and oxygen atoms in total. The predicted molar refractivity (Wildman–Crippen MR) is 419 cm³/mol. The Bertz CT molecular complexity index is 4580. The van der Waals surface area contributed by atoms with E-state index >= 15 is 0 Å². The molecule has 10 aromatic rings. The molecule has 1 amide bonds. The molecular formula is C76H94BrClF3N7O11S5. The van der Waals surface area contributed by atoms with Crippen molar-refractivity contribution < 1.29 is 60.1 Å². The number of carbonyl (C=O) groups excluding carboxylic acids is 1. The predicted octanol–water partition coefficient (Wildman–Crippen LogP) is 16.3. The van der Waals surface area contributed by atoms with Crippen LogP contribution in [0.5, 0.6) is 0 Å². The number of sulfone groups is 4. The molecular weight excluding hydrogens is 1520 g/mol. The molecule has 0 aliphatic carbocycles. The van der Waals surface area contributed by atoms with E-state index in [4.69, 9.17) is 16.7 Å². The average Bonchev–Trinajstić information content (AvgIpc) is 0.895. The Morgan fingerprint density at radius 1 is 0.452 bits per heavy atom. The molecule has 6 aromatic carbocycles. The first-order valence-electron chi connectivity index (χ1n) is 30.7. The van der Waals surface area contributed by atoms with Crippen LogP contribution in [-0.2, 0) is 55.5 Å². The minimum atomic E-state index is -4.22. The lowest BCUT2D eigenvalue weighted by Gasteiger charge is -2.10. The Balaban J connectivity index is 0.00000113. The van der Waals surface area contributed by atoms with Gasteiger partial charge in [-0.25, -0.2) is 67.2 Å². The molecule has 0 unspecified atom stereocenters. The summed E-state index contributed by atoms with van der Waals surface area (Å²) >= 11 is 9.01. The first kappa shape index (κ1) is 95.5. The zero-order valence-electron chi connectivity index (χ0n) is 60.5. The highest BCUT2D eigenvalue weighted by atomic mass is 79.9. The lowest BCUT2D eigenvalue weighted by Crippen LogP contribution is -2.17. The molecule has 0 bridgehead atoms. The van der Waals surface area contributed by atoms with Crippen molar-refractivity contribution in [1.29, 1.82) is 0 Å². The van der Waals surface area contributed by atoms with E-state index in [2.05, 4.69) is 60.2 Å². The first-order valence-corrected chi connectivity index (χ1v) is 41.0. The van der Waals surface area contributed by atoms with Gasteiger partial charge in [0.2, 0.25) is 0 Å². The Hall–Kier alpha value is -8.54. The van der Waals surface area contributed by atoms with Crippen LogP contribution in [0.1, 0.15) is 79.1 Å². The highest BCUT2D eigenvalue weighted by Crippen LogP contribution is 2.29. The largest absolute Gasteiger partial charge is 0.416 e. The highest BCUT2D eigenvalue weighted by Gasteiger charge is 2.30. The van der Waals surface area contributed by atoms with Gasteiger partial charge in [-0.1, -0.05) is 149 Å². The number of amides is 1. The Kier molecular flexibility index (Phi) is 41.9. The Labute approximate surface area is 628 Å². The summed E-state index contributed by atoms with van der Waals surface area (Å²) in [6.45, 7) is 18.9. The number of aromatic nitrogens is 4. The van der Waals surface area contributed by atoms with E-state index in [1.165, 1.54) is 60.4 Å². The number of pyridine rings is 4. The number of anilines is 1. The molecule has 0 radical (unpaired) electrons. The number of carbonyl (C=O) groups is 1. The topological polar surface area (TPSA) is 281 Å². The average molecular weight is 1610 g/mol. The molecule has 0 atom stereocenters. The number of primary sulfonamides is 1. The maximum Gasteiger partial charge on any atom is 0.416 e. The van der Waals surface area contributed by atoms with Gasteiger partial charge in [0.15, 0.2) is 54.4 Å². The van der Waals surface area contributed by atoms with Crippen molar-refractivity contribution in [1.82, 2.24) is 25.3 Å². The van der Waals surface area contributed by atoms with E-state index < -0.39 is 61.1 Å². The molecule has 0 saturated heterocycles. The molecule has 564 valence electrons. The minimum Gasteiger partial charge on any atom is -0.363 e. The molecule has 0 saturated carbocycles. The van der Waals surface area contributed by atoms with Crippen molar-refractivity contribution in [2.45, 2.75) is 108 Å². The summed E-state index contributed by atoms with van der Waals surface area (Å²) < 4.78 is 146. The van der Waals surface area contributed by atoms with Crippen LogP contribution >= 0.6 is 27.5 Å². The van der Waals surface area contributed by atoms with Gasteiger partial charge in [0.05, 0.1) is 15.4 Å². The summed E-state index contributed by atoms with van der Waals surface area (Å²) in [4.78, 5) is 29.2. The van der Waals surface area contributed by atoms with Gasteiger partial charge in [-0.15, -0.1) is 0 Å². The maximum atomic E-state index is 12.0. The van der Waals surface area contributed by atoms with Gasteiger partial charge in [0.1, 0.15) is 5.82 Å². The van der Waals surface area contributed by atoms with Crippen LogP contribution in [0, 0.1) is 69.2 Å². The number of rotatable bonds is 7. The summed E-state index contributed by atoms with van der Waals surface area (Å²) in [6, 6.07) is 58.0. The number of sulfonamides is 1. The third kappa shape index (κ3) is 42.3. The SMILES string of the molecule is C.CNC(=O)c1cccc(C)c1.Cc1ccc(S(C)(=O)=O)nc1.Cc1ccc(S(N)(=O)=O)nc1.Cc1cccc(Br)c1.Cc1cccc(C(F)(F)F)c1.Cc1cccc(Cl)c1.Cc1cccc(N(C)C)n1.Cc1cccc(S(C)(=O)=O)c1.Cc1cccc(S(C)(=O)=O)c1.Cc1ccnc(S(C)(=O)=O)c1. The van der Waals surface area contributed by atoms with Gasteiger partial charge in [-0.2, -0.15) is 13.2 Å². The zero-order chi connectivity index (χ0) is 78.7. The van der Waals surface area contributed by atoms with Crippen molar-refractivity contribution in [3.63, 3.8) is 0 Å². The molecule has 4 aromatic heterocycles. The van der Waals surface area contributed by atoms with E-state index in [0.29, 0.717) is 20.9 Å². The molecule has 28 heteroatoms.